The lowest BCUT2D eigenvalue weighted by atomic mass is 10.2. The molecule has 2 aromatic carbocycles. The number of anilines is 1. The summed E-state index contributed by atoms with van der Waals surface area (Å²) in [4.78, 5) is 33.3. The van der Waals surface area contributed by atoms with Gasteiger partial charge in [-0.25, -0.2) is 4.79 Å². The number of rotatable bonds is 6. The first kappa shape index (κ1) is 16.9. The van der Waals surface area contributed by atoms with E-state index in [1.807, 2.05) is 0 Å². The minimum absolute atomic E-state index is 0.0635. The number of nitro benzene ring substituents is 1. The molecule has 0 heterocycles. The normalized spacial score (nSPS) is 9.88. The highest BCUT2D eigenvalue weighted by molar-refractivity contribution is 5.95. The first-order valence-corrected chi connectivity index (χ1v) is 6.85. The SMILES string of the molecule is COC(=O)c1cccc(NC(=O)COc2ccc([N+](=O)[O-])cc2)c1. The number of nitrogens with one attached hydrogen (secondary N) is 1. The van der Waals surface area contributed by atoms with Crippen molar-refractivity contribution in [1.82, 2.24) is 0 Å². The molecule has 0 spiro atoms. The van der Waals surface area contributed by atoms with Crippen molar-refractivity contribution < 1.29 is 24.0 Å². The summed E-state index contributed by atoms with van der Waals surface area (Å²) in [6.07, 6.45) is 0. The van der Waals surface area contributed by atoms with Crippen LogP contribution in [0.25, 0.3) is 0 Å². The highest BCUT2D eigenvalue weighted by Crippen LogP contribution is 2.17. The van der Waals surface area contributed by atoms with Crippen molar-refractivity contribution in [3.8, 4) is 5.75 Å². The molecule has 8 nitrogen and oxygen atoms in total. The second-order valence-electron chi connectivity index (χ2n) is 4.66. The quantitative estimate of drug-likeness (QED) is 0.495. The third-order valence-corrected chi connectivity index (χ3v) is 2.98. The van der Waals surface area contributed by atoms with Gasteiger partial charge in [0.25, 0.3) is 11.6 Å². The standard InChI is InChI=1S/C16H14N2O6/c1-23-16(20)11-3-2-4-12(9-11)17-15(19)10-24-14-7-5-13(6-8-14)18(21)22/h2-9H,10H2,1H3,(H,17,19). The molecule has 0 aliphatic rings. The summed E-state index contributed by atoms with van der Waals surface area (Å²) in [7, 11) is 1.27. The number of hydrogen-bond donors (Lipinski definition) is 1. The zero-order chi connectivity index (χ0) is 17.5. The summed E-state index contributed by atoms with van der Waals surface area (Å²) in [5.41, 5.74) is 0.674. The maximum atomic E-state index is 11.9. The van der Waals surface area contributed by atoms with E-state index in [9.17, 15) is 19.7 Å². The van der Waals surface area contributed by atoms with Gasteiger partial charge in [0, 0.05) is 17.8 Å². The van der Waals surface area contributed by atoms with Crippen LogP contribution < -0.4 is 10.1 Å². The predicted octanol–water partition coefficient (Wildman–Crippen LogP) is 2.40. The third kappa shape index (κ3) is 4.54. The lowest BCUT2D eigenvalue weighted by Crippen LogP contribution is -2.20. The van der Waals surface area contributed by atoms with E-state index in [2.05, 4.69) is 10.1 Å². The van der Waals surface area contributed by atoms with E-state index < -0.39 is 16.8 Å². The van der Waals surface area contributed by atoms with Crippen molar-refractivity contribution in [2.75, 3.05) is 19.0 Å². The Morgan fingerprint density at radius 3 is 2.50 bits per heavy atom. The van der Waals surface area contributed by atoms with Gasteiger partial charge in [-0.3, -0.25) is 14.9 Å². The van der Waals surface area contributed by atoms with Crippen molar-refractivity contribution in [2.24, 2.45) is 0 Å². The van der Waals surface area contributed by atoms with Crippen LogP contribution in [0.1, 0.15) is 10.4 Å². The van der Waals surface area contributed by atoms with Crippen LogP contribution in [0.3, 0.4) is 0 Å². The fourth-order valence-electron chi connectivity index (χ4n) is 1.85. The van der Waals surface area contributed by atoms with Crippen LogP contribution in [0.2, 0.25) is 0 Å². The summed E-state index contributed by atoms with van der Waals surface area (Å²) >= 11 is 0. The molecule has 0 aliphatic heterocycles. The lowest BCUT2D eigenvalue weighted by molar-refractivity contribution is -0.384. The number of hydrogen-bond acceptors (Lipinski definition) is 6. The van der Waals surface area contributed by atoms with Crippen LogP contribution in [-0.4, -0.2) is 30.5 Å². The molecule has 0 bridgehead atoms. The Balaban J connectivity index is 1.91. The highest BCUT2D eigenvalue weighted by Gasteiger charge is 2.09. The summed E-state index contributed by atoms with van der Waals surface area (Å²) in [5, 5.41) is 13.1. The summed E-state index contributed by atoms with van der Waals surface area (Å²) in [6.45, 7) is -0.278. The fraction of sp³-hybridized carbons (Fsp3) is 0.125. The highest BCUT2D eigenvalue weighted by atomic mass is 16.6. The number of amides is 1. The van der Waals surface area contributed by atoms with Crippen molar-refractivity contribution in [3.63, 3.8) is 0 Å². The molecule has 2 rings (SSSR count). The molecule has 0 radical (unpaired) electrons. The smallest absolute Gasteiger partial charge is 0.337 e. The molecule has 1 amide bonds. The number of methoxy groups -OCH3 is 1. The monoisotopic (exact) mass is 330 g/mol. The third-order valence-electron chi connectivity index (χ3n) is 2.98. The molecule has 124 valence electrons. The molecule has 0 aliphatic carbocycles. The maximum absolute atomic E-state index is 11.9. The predicted molar refractivity (Wildman–Crippen MR) is 85.0 cm³/mol. The van der Waals surface area contributed by atoms with E-state index >= 15 is 0 Å². The first-order valence-electron chi connectivity index (χ1n) is 6.85. The largest absolute Gasteiger partial charge is 0.484 e. The van der Waals surface area contributed by atoms with Gasteiger partial charge in [0.15, 0.2) is 6.61 Å². The number of carbonyl (C=O) groups excluding carboxylic acids is 2. The van der Waals surface area contributed by atoms with E-state index in [1.54, 1.807) is 18.2 Å². The average Bonchev–Trinajstić information content (AvgIpc) is 2.59. The number of benzene rings is 2. The van der Waals surface area contributed by atoms with Crippen LogP contribution in [0.5, 0.6) is 5.75 Å². The molecule has 0 fully saturated rings. The molecule has 24 heavy (non-hydrogen) atoms. The van der Waals surface area contributed by atoms with Crippen LogP contribution in [0.15, 0.2) is 48.5 Å². The molecule has 2 aromatic rings. The second-order valence-corrected chi connectivity index (χ2v) is 4.66. The van der Waals surface area contributed by atoms with Crippen LogP contribution in [0.4, 0.5) is 11.4 Å². The summed E-state index contributed by atoms with van der Waals surface area (Å²) in [5.74, 6) is -0.609. The van der Waals surface area contributed by atoms with E-state index in [1.165, 1.54) is 37.4 Å². The van der Waals surface area contributed by atoms with Gasteiger partial charge in [-0.2, -0.15) is 0 Å². The number of non-ortho nitro benzene ring substituents is 1. The van der Waals surface area contributed by atoms with Crippen molar-refractivity contribution in [3.05, 3.63) is 64.2 Å². The molecule has 0 unspecified atom stereocenters. The van der Waals surface area contributed by atoms with Crippen molar-refractivity contribution in [2.45, 2.75) is 0 Å². The van der Waals surface area contributed by atoms with Gasteiger partial charge in [-0.1, -0.05) is 6.07 Å². The molecule has 0 saturated heterocycles. The first-order chi connectivity index (χ1) is 11.5. The van der Waals surface area contributed by atoms with Gasteiger partial charge < -0.3 is 14.8 Å². The Kier molecular flexibility index (Phi) is 5.45. The Morgan fingerprint density at radius 2 is 1.88 bits per heavy atom. The van der Waals surface area contributed by atoms with E-state index in [0.717, 1.165) is 0 Å². The molecular formula is C16H14N2O6. The average molecular weight is 330 g/mol. The Morgan fingerprint density at radius 1 is 1.17 bits per heavy atom. The van der Waals surface area contributed by atoms with Gasteiger partial charge >= 0.3 is 5.97 Å². The number of esters is 1. The molecule has 0 atom stereocenters. The topological polar surface area (TPSA) is 108 Å². The number of nitro groups is 1. The minimum atomic E-state index is -0.523. The maximum Gasteiger partial charge on any atom is 0.337 e. The van der Waals surface area contributed by atoms with E-state index in [-0.39, 0.29) is 12.3 Å². The molecule has 1 N–H and O–H groups in total. The van der Waals surface area contributed by atoms with Gasteiger partial charge in [0.2, 0.25) is 0 Å². The van der Waals surface area contributed by atoms with Crippen molar-refractivity contribution >= 4 is 23.3 Å². The molecule has 0 aromatic heterocycles. The van der Waals surface area contributed by atoms with E-state index in [4.69, 9.17) is 4.74 Å². The number of carbonyl (C=O) groups is 2. The Bertz CT molecular complexity index is 757. The van der Waals surface area contributed by atoms with Gasteiger partial charge in [-0.15, -0.1) is 0 Å². The number of nitrogens with zero attached hydrogens (tertiary/aromatic N) is 1. The fourth-order valence-corrected chi connectivity index (χ4v) is 1.85. The zero-order valence-corrected chi connectivity index (χ0v) is 12.7. The van der Waals surface area contributed by atoms with E-state index in [0.29, 0.717) is 17.0 Å². The minimum Gasteiger partial charge on any atom is -0.484 e. The number of ether oxygens (including phenoxy) is 2. The van der Waals surface area contributed by atoms with Crippen LogP contribution >= 0.6 is 0 Å². The second kappa shape index (κ2) is 7.73. The molecule has 8 heteroatoms. The van der Waals surface area contributed by atoms with Gasteiger partial charge in [0.05, 0.1) is 17.6 Å². The lowest BCUT2D eigenvalue weighted by Gasteiger charge is -2.08. The van der Waals surface area contributed by atoms with Crippen LogP contribution in [-0.2, 0) is 9.53 Å². The molecular weight excluding hydrogens is 316 g/mol. The van der Waals surface area contributed by atoms with Gasteiger partial charge in [-0.05, 0) is 30.3 Å². The summed E-state index contributed by atoms with van der Waals surface area (Å²) < 4.78 is 9.85. The zero-order valence-electron chi connectivity index (χ0n) is 12.7. The van der Waals surface area contributed by atoms with Gasteiger partial charge in [0.1, 0.15) is 5.75 Å². The Hall–Kier alpha value is -3.42. The molecule has 0 saturated carbocycles. The van der Waals surface area contributed by atoms with Crippen LogP contribution in [0, 0.1) is 10.1 Å². The summed E-state index contributed by atoms with van der Waals surface area (Å²) in [6, 6.07) is 11.7. The van der Waals surface area contributed by atoms with Crippen molar-refractivity contribution in [1.29, 1.82) is 0 Å². The Labute approximate surface area is 137 Å².